The number of aliphatic hydroxyl groups excluding tert-OH is 3. The normalized spacial score (nSPS) is 37.6. The number of thioether (sulfide) groups is 1. The lowest BCUT2D eigenvalue weighted by molar-refractivity contribution is -0.196. The lowest BCUT2D eigenvalue weighted by Gasteiger charge is -2.40. The highest BCUT2D eigenvalue weighted by atomic mass is 32.2. The van der Waals surface area contributed by atoms with Crippen LogP contribution in [-0.2, 0) is 9.53 Å². The second-order valence-electron chi connectivity index (χ2n) is 3.83. The number of amides is 1. The van der Waals surface area contributed by atoms with Crippen molar-refractivity contribution in [2.45, 2.75) is 35.8 Å². The number of primary amides is 1. The molecule has 1 saturated heterocycles. The van der Waals surface area contributed by atoms with Crippen LogP contribution in [-0.4, -0.2) is 63.3 Å². The Balaban J connectivity index is 2.79. The van der Waals surface area contributed by atoms with Gasteiger partial charge in [-0.25, -0.2) is 0 Å². The topological polar surface area (TPSA) is 113 Å². The largest absolute Gasteiger partial charge is 0.388 e. The van der Waals surface area contributed by atoms with E-state index in [4.69, 9.17) is 4.74 Å². The van der Waals surface area contributed by atoms with Gasteiger partial charge in [-0.1, -0.05) is 0 Å². The predicted octanol–water partition coefficient (Wildman–Crippen LogP) is -1.52. The van der Waals surface area contributed by atoms with E-state index in [1.54, 1.807) is 0 Å². The Morgan fingerprint density at radius 1 is 1.33 bits per heavy atom. The van der Waals surface area contributed by atoms with E-state index in [0.717, 1.165) is 11.8 Å². The van der Waals surface area contributed by atoms with E-state index in [1.807, 2.05) is 0 Å². The zero-order valence-corrected chi connectivity index (χ0v) is 10.2. The summed E-state index contributed by atoms with van der Waals surface area (Å²) < 4.78 is 31.2. The van der Waals surface area contributed by atoms with Crippen LogP contribution in [0.5, 0.6) is 0 Å². The number of halogens is 2. The zero-order valence-electron chi connectivity index (χ0n) is 9.36. The van der Waals surface area contributed by atoms with E-state index in [1.165, 1.54) is 6.26 Å². The van der Waals surface area contributed by atoms with Crippen molar-refractivity contribution in [3.63, 3.8) is 0 Å². The van der Waals surface area contributed by atoms with Gasteiger partial charge in [-0.2, -0.15) is 8.78 Å². The SMILES string of the molecule is CSC1OC([CH]C(F)(F)C(N)=O)C(O)C(O)C1O. The monoisotopic (exact) mass is 286 g/mol. The molecule has 0 aliphatic carbocycles. The molecule has 0 saturated carbocycles. The van der Waals surface area contributed by atoms with E-state index in [-0.39, 0.29) is 6.42 Å². The van der Waals surface area contributed by atoms with Gasteiger partial charge in [0.2, 0.25) is 0 Å². The van der Waals surface area contributed by atoms with Gasteiger partial charge in [-0.3, -0.25) is 4.79 Å². The molecule has 0 aromatic carbocycles. The molecule has 0 aromatic rings. The lowest BCUT2D eigenvalue weighted by Crippen LogP contribution is -2.58. The van der Waals surface area contributed by atoms with Gasteiger partial charge in [0.1, 0.15) is 23.7 Å². The third-order valence-electron chi connectivity index (χ3n) is 2.54. The first-order valence-corrected chi connectivity index (χ1v) is 6.25. The number of hydrogen-bond donors (Lipinski definition) is 4. The minimum atomic E-state index is -3.98. The molecule has 1 radical (unpaired) electrons. The summed E-state index contributed by atoms with van der Waals surface area (Å²) in [4.78, 5) is 10.5. The standard InChI is InChI=1S/C9H14F2NO5S/c1-18-7-6(15)5(14)4(13)3(17-7)2-9(10,11)8(12)16/h2-7,13-15H,1H3,(H2,12,16). The highest BCUT2D eigenvalue weighted by molar-refractivity contribution is 7.99. The molecule has 5 N–H and O–H groups in total. The van der Waals surface area contributed by atoms with Gasteiger partial charge in [0.15, 0.2) is 0 Å². The van der Waals surface area contributed by atoms with Crippen LogP contribution in [0.3, 0.4) is 0 Å². The summed E-state index contributed by atoms with van der Waals surface area (Å²) in [5, 5.41) is 28.5. The summed E-state index contributed by atoms with van der Waals surface area (Å²) in [5.41, 5.74) is 3.50. The molecule has 18 heavy (non-hydrogen) atoms. The first-order valence-electron chi connectivity index (χ1n) is 4.97. The first kappa shape index (κ1) is 15.6. The molecule has 1 amide bonds. The Bertz CT molecular complexity index is 317. The zero-order chi connectivity index (χ0) is 14.1. The summed E-state index contributed by atoms with van der Waals surface area (Å²) in [5.74, 6) is -5.86. The smallest absolute Gasteiger partial charge is 0.330 e. The summed E-state index contributed by atoms with van der Waals surface area (Å²) in [6, 6.07) is 0. The van der Waals surface area contributed by atoms with Crippen molar-refractivity contribution in [3.05, 3.63) is 6.42 Å². The Morgan fingerprint density at radius 2 is 1.89 bits per heavy atom. The summed E-state index contributed by atoms with van der Waals surface area (Å²) in [6.45, 7) is 0. The molecule has 0 spiro atoms. The molecule has 0 bridgehead atoms. The van der Waals surface area contributed by atoms with Crippen LogP contribution in [0.2, 0.25) is 0 Å². The number of ether oxygens (including phenoxy) is 1. The van der Waals surface area contributed by atoms with Gasteiger partial charge < -0.3 is 25.8 Å². The van der Waals surface area contributed by atoms with Crippen LogP contribution in [0, 0.1) is 6.42 Å². The second-order valence-corrected chi connectivity index (χ2v) is 4.77. The average molecular weight is 286 g/mol. The van der Waals surface area contributed by atoms with Crippen molar-refractivity contribution >= 4 is 17.7 Å². The third kappa shape index (κ3) is 3.09. The molecule has 9 heteroatoms. The summed E-state index contributed by atoms with van der Waals surface area (Å²) >= 11 is 0.973. The van der Waals surface area contributed by atoms with E-state index in [9.17, 15) is 28.9 Å². The number of aliphatic hydroxyl groups is 3. The van der Waals surface area contributed by atoms with Crippen LogP contribution in [0.15, 0.2) is 0 Å². The molecule has 1 fully saturated rings. The Labute approximate surface area is 106 Å². The van der Waals surface area contributed by atoms with E-state index < -0.39 is 41.7 Å². The van der Waals surface area contributed by atoms with Gasteiger partial charge in [-0.15, -0.1) is 11.8 Å². The Morgan fingerprint density at radius 3 is 2.33 bits per heavy atom. The van der Waals surface area contributed by atoms with Gasteiger partial charge in [0.25, 0.3) is 5.91 Å². The van der Waals surface area contributed by atoms with E-state index >= 15 is 0 Å². The van der Waals surface area contributed by atoms with Crippen molar-refractivity contribution in [2.75, 3.05) is 6.26 Å². The van der Waals surface area contributed by atoms with Crippen LogP contribution in [0.1, 0.15) is 0 Å². The third-order valence-corrected chi connectivity index (χ3v) is 3.40. The minimum Gasteiger partial charge on any atom is -0.388 e. The molecular weight excluding hydrogens is 272 g/mol. The second kappa shape index (κ2) is 5.66. The lowest BCUT2D eigenvalue weighted by atomic mass is 9.95. The molecule has 6 nitrogen and oxygen atoms in total. The number of carbonyl (C=O) groups excluding carboxylic acids is 1. The van der Waals surface area contributed by atoms with Crippen molar-refractivity contribution in [1.29, 1.82) is 0 Å². The maximum absolute atomic E-state index is 13.1. The van der Waals surface area contributed by atoms with Crippen LogP contribution in [0.4, 0.5) is 8.78 Å². The summed E-state index contributed by atoms with van der Waals surface area (Å²) in [6.07, 6.45) is -4.79. The molecule has 1 aliphatic rings. The number of carbonyl (C=O) groups is 1. The summed E-state index contributed by atoms with van der Waals surface area (Å²) in [7, 11) is 0. The number of alkyl halides is 2. The number of nitrogens with two attached hydrogens (primary N) is 1. The maximum Gasteiger partial charge on any atom is 0.330 e. The van der Waals surface area contributed by atoms with Crippen molar-refractivity contribution in [3.8, 4) is 0 Å². The highest BCUT2D eigenvalue weighted by Crippen LogP contribution is 2.32. The molecule has 0 aromatic heterocycles. The van der Waals surface area contributed by atoms with Crippen LogP contribution in [0.25, 0.3) is 0 Å². The van der Waals surface area contributed by atoms with Gasteiger partial charge in [0.05, 0.1) is 12.5 Å². The fraction of sp³-hybridized carbons (Fsp3) is 0.778. The Hall–Kier alpha value is -0.480. The molecule has 1 heterocycles. The van der Waals surface area contributed by atoms with E-state index in [0.29, 0.717) is 0 Å². The van der Waals surface area contributed by atoms with E-state index in [2.05, 4.69) is 5.73 Å². The molecule has 1 rings (SSSR count). The maximum atomic E-state index is 13.1. The average Bonchev–Trinajstić information content (AvgIpc) is 2.29. The first-order chi connectivity index (χ1) is 8.20. The molecule has 1 aliphatic heterocycles. The molecule has 5 atom stereocenters. The fourth-order valence-electron chi connectivity index (χ4n) is 1.49. The minimum absolute atomic E-state index is 0.123. The predicted molar refractivity (Wildman–Crippen MR) is 58.6 cm³/mol. The molecule has 5 unspecified atom stereocenters. The molecule has 105 valence electrons. The van der Waals surface area contributed by atoms with Crippen molar-refractivity contribution in [1.82, 2.24) is 0 Å². The fourth-order valence-corrected chi connectivity index (χ4v) is 2.17. The van der Waals surface area contributed by atoms with Crippen molar-refractivity contribution in [2.24, 2.45) is 5.73 Å². The van der Waals surface area contributed by atoms with Crippen LogP contribution < -0.4 is 5.73 Å². The highest BCUT2D eigenvalue weighted by Gasteiger charge is 2.49. The van der Waals surface area contributed by atoms with Crippen molar-refractivity contribution < 1.29 is 33.6 Å². The number of rotatable bonds is 4. The van der Waals surface area contributed by atoms with Gasteiger partial charge >= 0.3 is 5.92 Å². The number of hydrogen-bond acceptors (Lipinski definition) is 6. The van der Waals surface area contributed by atoms with Crippen LogP contribution >= 0.6 is 11.8 Å². The molecular formula is C9H14F2NO5S. The Kier molecular flexibility index (Phi) is 4.90. The quantitative estimate of drug-likeness (QED) is 0.499. The van der Waals surface area contributed by atoms with Gasteiger partial charge in [-0.05, 0) is 6.26 Å². The van der Waals surface area contributed by atoms with Gasteiger partial charge in [0, 0.05) is 0 Å².